The fraction of sp³-hybridized carbons (Fsp3) is 0.417. The Labute approximate surface area is 107 Å². The number of amides is 1. The quantitative estimate of drug-likeness (QED) is 0.803. The van der Waals surface area contributed by atoms with E-state index in [9.17, 15) is 4.79 Å². The Kier molecular flexibility index (Phi) is 4.57. The van der Waals surface area contributed by atoms with Gasteiger partial charge in [0.1, 0.15) is 5.82 Å². The Bertz CT molecular complexity index is 425. The van der Waals surface area contributed by atoms with Crippen molar-refractivity contribution in [2.24, 2.45) is 11.7 Å². The van der Waals surface area contributed by atoms with Gasteiger partial charge in [-0.1, -0.05) is 19.1 Å². The first-order chi connectivity index (χ1) is 7.93. The summed E-state index contributed by atoms with van der Waals surface area (Å²) in [4.78, 5) is 16.3. The normalized spacial score (nSPS) is 11.9. The summed E-state index contributed by atoms with van der Waals surface area (Å²) in [5.74, 6) is -0.0904. The lowest BCUT2D eigenvalue weighted by Gasteiger charge is -2.13. The van der Waals surface area contributed by atoms with Gasteiger partial charge in [-0.25, -0.2) is 4.98 Å². The minimum absolute atomic E-state index is 0.197. The molecule has 3 N–H and O–H groups in total. The third-order valence-corrected chi connectivity index (χ3v) is 2.70. The Balaban J connectivity index is 2.83. The number of carbonyl (C=O) groups excluding carboxylic acids is 1. The van der Waals surface area contributed by atoms with E-state index in [-0.39, 0.29) is 10.9 Å². The van der Waals surface area contributed by atoms with Crippen LogP contribution in [0.15, 0.2) is 12.1 Å². The van der Waals surface area contributed by atoms with Crippen molar-refractivity contribution in [3.05, 3.63) is 23.4 Å². The van der Waals surface area contributed by atoms with Crippen LogP contribution in [0.2, 0.25) is 0 Å². The summed E-state index contributed by atoms with van der Waals surface area (Å²) in [6.45, 7) is 5.71. The molecule has 1 aromatic rings. The zero-order valence-electron chi connectivity index (χ0n) is 10.3. The summed E-state index contributed by atoms with van der Waals surface area (Å²) in [6.07, 6.45) is 0.589. The van der Waals surface area contributed by atoms with Gasteiger partial charge >= 0.3 is 0 Å². The van der Waals surface area contributed by atoms with E-state index in [1.807, 2.05) is 32.9 Å². The monoisotopic (exact) mass is 251 g/mol. The highest BCUT2D eigenvalue weighted by Crippen LogP contribution is 2.12. The average Bonchev–Trinajstić information content (AvgIpc) is 2.15. The van der Waals surface area contributed by atoms with Gasteiger partial charge in [0.15, 0.2) is 0 Å². The van der Waals surface area contributed by atoms with E-state index in [0.717, 1.165) is 11.3 Å². The number of anilines is 1. The predicted molar refractivity (Wildman–Crippen MR) is 72.9 cm³/mol. The standard InChI is InChI=1S/C12H17N3OS/c1-4-9(11(13)17)12(16)15-10-6-7(2)5-8(3)14-10/h5-6,9H,4H2,1-3H3,(H2,13,17)(H,14,15,16). The molecule has 17 heavy (non-hydrogen) atoms. The number of nitrogens with one attached hydrogen (secondary N) is 1. The van der Waals surface area contributed by atoms with Crippen LogP contribution in [-0.2, 0) is 4.79 Å². The van der Waals surface area contributed by atoms with Gasteiger partial charge in [0.05, 0.1) is 10.9 Å². The van der Waals surface area contributed by atoms with E-state index in [1.165, 1.54) is 0 Å². The van der Waals surface area contributed by atoms with Crippen molar-refractivity contribution in [3.63, 3.8) is 0 Å². The summed E-state index contributed by atoms with van der Waals surface area (Å²) >= 11 is 4.86. The summed E-state index contributed by atoms with van der Waals surface area (Å²) in [5.41, 5.74) is 7.43. The average molecular weight is 251 g/mol. The largest absolute Gasteiger partial charge is 0.393 e. The number of pyridine rings is 1. The molecule has 0 aliphatic heterocycles. The van der Waals surface area contributed by atoms with Crippen LogP contribution < -0.4 is 11.1 Å². The maximum Gasteiger partial charge on any atom is 0.235 e. The van der Waals surface area contributed by atoms with E-state index >= 15 is 0 Å². The first-order valence-electron chi connectivity index (χ1n) is 5.49. The molecule has 1 heterocycles. The summed E-state index contributed by atoms with van der Waals surface area (Å²) in [5, 5.41) is 2.74. The molecule has 1 unspecified atom stereocenters. The number of carbonyl (C=O) groups is 1. The van der Waals surface area contributed by atoms with Gasteiger partial charge in [0, 0.05) is 5.69 Å². The molecule has 0 bridgehead atoms. The first-order valence-corrected chi connectivity index (χ1v) is 5.90. The van der Waals surface area contributed by atoms with Crippen molar-refractivity contribution < 1.29 is 4.79 Å². The molecular weight excluding hydrogens is 234 g/mol. The minimum atomic E-state index is -0.437. The van der Waals surface area contributed by atoms with Crippen LogP contribution in [0.3, 0.4) is 0 Å². The van der Waals surface area contributed by atoms with Crippen LogP contribution in [0.25, 0.3) is 0 Å². The first kappa shape index (κ1) is 13.6. The van der Waals surface area contributed by atoms with E-state index in [2.05, 4.69) is 10.3 Å². The molecule has 92 valence electrons. The van der Waals surface area contributed by atoms with E-state index in [1.54, 1.807) is 0 Å². The van der Waals surface area contributed by atoms with Crippen LogP contribution >= 0.6 is 12.2 Å². The highest BCUT2D eigenvalue weighted by molar-refractivity contribution is 7.80. The maximum absolute atomic E-state index is 11.9. The van der Waals surface area contributed by atoms with Gasteiger partial charge < -0.3 is 11.1 Å². The van der Waals surface area contributed by atoms with Gasteiger partial charge in [0.2, 0.25) is 5.91 Å². The SMILES string of the molecule is CCC(C(=O)Nc1cc(C)cc(C)n1)C(N)=S. The lowest BCUT2D eigenvalue weighted by atomic mass is 10.1. The van der Waals surface area contributed by atoms with Gasteiger partial charge in [-0.2, -0.15) is 0 Å². The Hall–Kier alpha value is -1.49. The molecule has 0 radical (unpaired) electrons. The van der Waals surface area contributed by atoms with Crippen molar-refractivity contribution in [2.75, 3.05) is 5.32 Å². The van der Waals surface area contributed by atoms with Crippen LogP contribution in [0.4, 0.5) is 5.82 Å². The van der Waals surface area contributed by atoms with Gasteiger partial charge in [-0.05, 0) is 38.0 Å². The molecule has 4 nitrogen and oxygen atoms in total. The molecule has 5 heteroatoms. The lowest BCUT2D eigenvalue weighted by molar-refractivity contribution is -0.118. The molecule has 0 saturated carbocycles. The van der Waals surface area contributed by atoms with Crippen LogP contribution in [0.5, 0.6) is 0 Å². The molecule has 1 atom stereocenters. The van der Waals surface area contributed by atoms with Crippen molar-refractivity contribution >= 4 is 28.9 Å². The number of nitrogens with two attached hydrogens (primary N) is 1. The van der Waals surface area contributed by atoms with E-state index < -0.39 is 5.92 Å². The van der Waals surface area contributed by atoms with E-state index in [0.29, 0.717) is 12.2 Å². The molecular formula is C12H17N3OS. The number of hydrogen-bond donors (Lipinski definition) is 2. The van der Waals surface area contributed by atoms with E-state index in [4.69, 9.17) is 18.0 Å². The highest BCUT2D eigenvalue weighted by atomic mass is 32.1. The number of aryl methyl sites for hydroxylation is 2. The predicted octanol–water partition coefficient (Wildman–Crippen LogP) is 1.95. The molecule has 0 saturated heterocycles. The number of nitrogens with zero attached hydrogens (tertiary/aromatic N) is 1. The molecule has 0 spiro atoms. The molecule has 0 aliphatic carbocycles. The van der Waals surface area contributed by atoms with Gasteiger partial charge in [-0.3, -0.25) is 4.79 Å². The molecule has 0 aromatic carbocycles. The number of thiocarbonyl (C=S) groups is 1. The smallest absolute Gasteiger partial charge is 0.235 e. The topological polar surface area (TPSA) is 68.0 Å². The second-order valence-electron chi connectivity index (χ2n) is 4.02. The van der Waals surface area contributed by atoms with Crippen molar-refractivity contribution in [1.29, 1.82) is 0 Å². The van der Waals surface area contributed by atoms with Gasteiger partial charge in [0.25, 0.3) is 0 Å². The van der Waals surface area contributed by atoms with Crippen molar-refractivity contribution in [2.45, 2.75) is 27.2 Å². The number of hydrogen-bond acceptors (Lipinski definition) is 3. The molecule has 1 aromatic heterocycles. The third kappa shape index (κ3) is 3.78. The second-order valence-corrected chi connectivity index (χ2v) is 4.49. The zero-order chi connectivity index (χ0) is 13.0. The Morgan fingerprint density at radius 3 is 2.65 bits per heavy atom. The van der Waals surface area contributed by atoms with Crippen molar-refractivity contribution in [3.8, 4) is 0 Å². The number of aromatic nitrogens is 1. The molecule has 1 amide bonds. The Morgan fingerprint density at radius 1 is 1.53 bits per heavy atom. The fourth-order valence-electron chi connectivity index (χ4n) is 1.63. The fourth-order valence-corrected chi connectivity index (χ4v) is 1.91. The molecule has 1 rings (SSSR count). The zero-order valence-corrected chi connectivity index (χ0v) is 11.1. The van der Waals surface area contributed by atoms with Crippen LogP contribution in [0, 0.1) is 19.8 Å². The third-order valence-electron chi connectivity index (χ3n) is 2.42. The second kappa shape index (κ2) is 5.72. The van der Waals surface area contributed by atoms with Crippen molar-refractivity contribution in [1.82, 2.24) is 4.98 Å². The number of rotatable bonds is 4. The van der Waals surface area contributed by atoms with Crippen LogP contribution in [-0.4, -0.2) is 15.9 Å². The molecule has 0 aliphatic rings. The Morgan fingerprint density at radius 2 is 2.18 bits per heavy atom. The summed E-state index contributed by atoms with van der Waals surface area (Å²) in [7, 11) is 0. The summed E-state index contributed by atoms with van der Waals surface area (Å²) < 4.78 is 0. The molecule has 0 fully saturated rings. The highest BCUT2D eigenvalue weighted by Gasteiger charge is 2.19. The van der Waals surface area contributed by atoms with Gasteiger partial charge in [-0.15, -0.1) is 0 Å². The lowest BCUT2D eigenvalue weighted by Crippen LogP contribution is -2.32. The minimum Gasteiger partial charge on any atom is -0.393 e. The maximum atomic E-state index is 11.9. The van der Waals surface area contributed by atoms with Crippen LogP contribution in [0.1, 0.15) is 24.6 Å². The summed E-state index contributed by atoms with van der Waals surface area (Å²) in [6, 6.07) is 3.76.